The van der Waals surface area contributed by atoms with Gasteiger partial charge in [-0.25, -0.2) is 14.8 Å². The van der Waals surface area contributed by atoms with Crippen LogP contribution in [0.2, 0.25) is 0 Å². The molecule has 1 amide bonds. The Labute approximate surface area is 188 Å². The number of anilines is 2. The average Bonchev–Trinajstić information content (AvgIpc) is 3.69. The normalized spacial score (nSPS) is 15.9. The number of aromatic nitrogens is 6. The van der Waals surface area contributed by atoms with Crippen LogP contribution in [0.3, 0.4) is 0 Å². The number of amides is 1. The number of aromatic carboxylic acids is 1. The number of carbonyl (C=O) groups is 2. The van der Waals surface area contributed by atoms with E-state index in [4.69, 9.17) is 10.1 Å². The highest BCUT2D eigenvalue weighted by atomic mass is 16.4. The van der Waals surface area contributed by atoms with Gasteiger partial charge in [-0.15, -0.1) is 0 Å². The maximum atomic E-state index is 13.6. The van der Waals surface area contributed by atoms with Crippen LogP contribution in [0.5, 0.6) is 0 Å². The topological polar surface area (TPSA) is 134 Å². The van der Waals surface area contributed by atoms with Gasteiger partial charge in [0.1, 0.15) is 22.6 Å². The lowest BCUT2D eigenvalue weighted by molar-refractivity contribution is 0.0687. The molecule has 4 aromatic rings. The van der Waals surface area contributed by atoms with Crippen LogP contribution in [-0.4, -0.2) is 63.3 Å². The van der Waals surface area contributed by atoms with Crippen molar-refractivity contribution in [1.82, 2.24) is 34.2 Å². The predicted octanol–water partition coefficient (Wildman–Crippen LogP) is 2.87. The Balaban J connectivity index is 1.50. The van der Waals surface area contributed by atoms with Gasteiger partial charge >= 0.3 is 5.97 Å². The first-order chi connectivity index (χ1) is 16.0. The van der Waals surface area contributed by atoms with E-state index in [0.29, 0.717) is 47.1 Å². The molecule has 11 nitrogen and oxygen atoms in total. The maximum Gasteiger partial charge on any atom is 0.353 e. The molecule has 3 N–H and O–H groups in total. The van der Waals surface area contributed by atoms with E-state index < -0.39 is 5.97 Å². The zero-order valence-corrected chi connectivity index (χ0v) is 18.4. The number of nitrogens with one attached hydrogen (secondary N) is 2. The molecule has 170 valence electrons. The third-order valence-corrected chi connectivity index (χ3v) is 6.41. The van der Waals surface area contributed by atoms with Gasteiger partial charge in [-0.05, 0) is 38.7 Å². The van der Waals surface area contributed by atoms with Crippen LogP contribution < -0.4 is 5.32 Å². The van der Waals surface area contributed by atoms with E-state index in [1.807, 2.05) is 29.2 Å². The number of rotatable bonds is 7. The molecular formula is C22H24N8O3. The highest BCUT2D eigenvalue weighted by Gasteiger charge is 2.43. The number of aromatic amines is 1. The smallest absolute Gasteiger partial charge is 0.353 e. The minimum Gasteiger partial charge on any atom is -0.477 e. The first-order valence-corrected chi connectivity index (χ1v) is 11.2. The Morgan fingerprint density at radius 2 is 1.97 bits per heavy atom. The maximum absolute atomic E-state index is 13.6. The van der Waals surface area contributed by atoms with Crippen LogP contribution in [0.1, 0.15) is 53.6 Å². The largest absolute Gasteiger partial charge is 0.477 e. The zero-order valence-electron chi connectivity index (χ0n) is 18.4. The third-order valence-electron chi connectivity index (χ3n) is 6.41. The zero-order chi connectivity index (χ0) is 22.9. The molecule has 2 saturated carbocycles. The van der Waals surface area contributed by atoms with Gasteiger partial charge in [0, 0.05) is 37.1 Å². The van der Waals surface area contributed by atoms with Gasteiger partial charge in [0.05, 0.1) is 11.8 Å². The van der Waals surface area contributed by atoms with Gasteiger partial charge in [0.25, 0.3) is 5.91 Å². The molecule has 6 rings (SSSR count). The molecule has 11 heteroatoms. The van der Waals surface area contributed by atoms with Crippen molar-refractivity contribution in [3.63, 3.8) is 0 Å². The molecule has 0 saturated heterocycles. The number of carbonyl (C=O) groups excluding carboxylic acids is 1. The average molecular weight is 448 g/mol. The molecular weight excluding hydrogens is 424 g/mol. The first kappa shape index (κ1) is 19.8. The summed E-state index contributed by atoms with van der Waals surface area (Å²) in [5.41, 5.74) is 2.77. The molecule has 4 aromatic heterocycles. The number of hydrogen-bond donors (Lipinski definition) is 3. The lowest BCUT2D eigenvalue weighted by Gasteiger charge is -2.22. The minimum atomic E-state index is -1.10. The summed E-state index contributed by atoms with van der Waals surface area (Å²) in [6.07, 6.45) is 6.02. The van der Waals surface area contributed by atoms with Gasteiger partial charge in [0.2, 0.25) is 0 Å². The molecule has 0 atom stereocenters. The van der Waals surface area contributed by atoms with Crippen LogP contribution in [0, 0.1) is 0 Å². The monoisotopic (exact) mass is 448 g/mol. The molecule has 4 heterocycles. The Morgan fingerprint density at radius 1 is 1.24 bits per heavy atom. The number of nitrogens with zero attached hydrogens (tertiary/aromatic N) is 6. The van der Waals surface area contributed by atoms with Gasteiger partial charge in [-0.2, -0.15) is 5.10 Å². The fourth-order valence-corrected chi connectivity index (χ4v) is 4.58. The second-order valence-corrected chi connectivity index (χ2v) is 8.80. The van der Waals surface area contributed by atoms with Crippen molar-refractivity contribution < 1.29 is 14.7 Å². The number of fused-ring (bicyclic) bond motifs is 3. The van der Waals surface area contributed by atoms with Crippen molar-refractivity contribution in [2.75, 3.05) is 5.32 Å². The van der Waals surface area contributed by atoms with Crippen molar-refractivity contribution in [1.29, 1.82) is 0 Å². The van der Waals surface area contributed by atoms with Crippen molar-refractivity contribution in [2.45, 2.75) is 51.2 Å². The highest BCUT2D eigenvalue weighted by molar-refractivity contribution is 6.10. The van der Waals surface area contributed by atoms with E-state index in [2.05, 4.69) is 25.4 Å². The number of hydrogen-bond acceptors (Lipinski definition) is 6. The first-order valence-electron chi connectivity index (χ1n) is 11.2. The number of pyridine rings is 1. The molecule has 0 spiro atoms. The summed E-state index contributed by atoms with van der Waals surface area (Å²) >= 11 is 0. The predicted molar refractivity (Wildman–Crippen MR) is 121 cm³/mol. The summed E-state index contributed by atoms with van der Waals surface area (Å²) in [6, 6.07) is 4.06. The fourth-order valence-electron chi connectivity index (χ4n) is 4.58. The van der Waals surface area contributed by atoms with Gasteiger partial charge < -0.3 is 24.5 Å². The van der Waals surface area contributed by atoms with Gasteiger partial charge in [-0.1, -0.05) is 0 Å². The molecule has 33 heavy (non-hydrogen) atoms. The van der Waals surface area contributed by atoms with E-state index in [1.165, 1.54) is 6.07 Å². The summed E-state index contributed by atoms with van der Waals surface area (Å²) < 4.78 is 3.87. The van der Waals surface area contributed by atoms with E-state index in [9.17, 15) is 9.59 Å². The molecule has 0 bridgehead atoms. The third kappa shape index (κ3) is 3.14. The summed E-state index contributed by atoms with van der Waals surface area (Å²) in [5.74, 6) is -0.246. The van der Waals surface area contributed by atoms with Crippen LogP contribution >= 0.6 is 0 Å². The van der Waals surface area contributed by atoms with Gasteiger partial charge in [0.15, 0.2) is 11.6 Å². The summed E-state index contributed by atoms with van der Waals surface area (Å²) in [7, 11) is 1.90. The second-order valence-electron chi connectivity index (χ2n) is 8.80. The number of H-pyrrole nitrogens is 1. The molecule has 0 aliphatic heterocycles. The Kier molecular flexibility index (Phi) is 4.23. The van der Waals surface area contributed by atoms with Crippen LogP contribution in [0.15, 0.2) is 18.5 Å². The van der Waals surface area contributed by atoms with E-state index >= 15 is 0 Å². The van der Waals surface area contributed by atoms with Crippen LogP contribution in [-0.2, 0) is 13.6 Å². The molecule has 0 unspecified atom stereocenters. The van der Waals surface area contributed by atoms with E-state index in [0.717, 1.165) is 36.6 Å². The van der Waals surface area contributed by atoms with Crippen LogP contribution in [0.25, 0.3) is 22.1 Å². The molecule has 0 radical (unpaired) electrons. The number of aryl methyl sites for hydroxylation is 2. The van der Waals surface area contributed by atoms with Crippen molar-refractivity contribution in [3.8, 4) is 0 Å². The van der Waals surface area contributed by atoms with Crippen molar-refractivity contribution in [3.05, 3.63) is 29.8 Å². The Morgan fingerprint density at radius 3 is 2.58 bits per heavy atom. The quantitative estimate of drug-likeness (QED) is 0.396. The minimum absolute atomic E-state index is 0.0269. The molecule has 0 aromatic carbocycles. The molecule has 2 aliphatic carbocycles. The van der Waals surface area contributed by atoms with E-state index in [1.54, 1.807) is 6.33 Å². The fraction of sp³-hybridized carbons (Fsp3) is 0.409. The number of carboxylic acid groups (broad SMARTS) is 1. The number of imidazole rings is 1. The van der Waals surface area contributed by atoms with Crippen molar-refractivity contribution in [2.24, 2.45) is 7.05 Å². The SMILES string of the molecule is CCn1c(C(=O)N(C2CC2)C2CC2)cc2c3c(ncn3C)c(Nc3cc(C(=O)O)[nH]n3)nc21. The standard InChI is InChI=1S/C22H24N8O3/c1-3-29-15(21(31)30(11-4-5-11)12-6-7-12)8-13-18-17(23-10-28(18)2)19(25-20(13)29)24-16-9-14(22(32)33)26-27-16/h8-12H,3-7H2,1-2H3,(H,32,33)(H2,24,25,26,27). The van der Waals surface area contributed by atoms with Crippen LogP contribution in [0.4, 0.5) is 11.6 Å². The molecule has 2 aliphatic rings. The second kappa shape index (κ2) is 7.06. The van der Waals surface area contributed by atoms with Crippen molar-refractivity contribution >= 4 is 45.6 Å². The van der Waals surface area contributed by atoms with Gasteiger partial charge in [-0.3, -0.25) is 9.89 Å². The lowest BCUT2D eigenvalue weighted by Crippen LogP contribution is -2.36. The Hall–Kier alpha value is -3.89. The highest BCUT2D eigenvalue weighted by Crippen LogP contribution is 2.39. The van der Waals surface area contributed by atoms with E-state index in [-0.39, 0.29) is 11.6 Å². The lowest BCUT2D eigenvalue weighted by atomic mass is 10.2. The number of carboxylic acids is 1. The Bertz CT molecular complexity index is 1410. The summed E-state index contributed by atoms with van der Waals surface area (Å²) in [4.78, 5) is 36.2. The summed E-state index contributed by atoms with van der Waals surface area (Å²) in [5, 5.41) is 19.6. The summed E-state index contributed by atoms with van der Waals surface area (Å²) in [6.45, 7) is 2.60. The molecule has 2 fully saturated rings.